The van der Waals surface area contributed by atoms with Crippen molar-refractivity contribution in [2.45, 2.75) is 11.3 Å². The maximum absolute atomic E-state index is 11.6. The molecule has 6 heteroatoms. The highest BCUT2D eigenvalue weighted by Gasteiger charge is 2.13. The van der Waals surface area contributed by atoms with E-state index in [1.807, 2.05) is 6.26 Å². The second-order valence-electron chi connectivity index (χ2n) is 3.04. The third-order valence-electron chi connectivity index (χ3n) is 1.98. The summed E-state index contributed by atoms with van der Waals surface area (Å²) in [6, 6.07) is 4.48. The van der Waals surface area contributed by atoms with Crippen LogP contribution in [0.2, 0.25) is 0 Å². The Bertz CT molecular complexity index is 423. The van der Waals surface area contributed by atoms with Crippen LogP contribution in [0.15, 0.2) is 23.1 Å². The Kier molecular flexibility index (Phi) is 4.95. The van der Waals surface area contributed by atoms with E-state index in [2.05, 4.69) is 15.9 Å². The lowest BCUT2D eigenvalue weighted by atomic mass is 10.1. The molecule has 0 radical (unpaired) electrons. The summed E-state index contributed by atoms with van der Waals surface area (Å²) >= 11 is 4.55. The molecule has 0 fully saturated rings. The van der Waals surface area contributed by atoms with E-state index in [1.54, 1.807) is 6.07 Å². The van der Waals surface area contributed by atoms with Gasteiger partial charge in [-0.1, -0.05) is 15.9 Å². The molecular weight excluding hydrogens is 294 g/mol. The molecule has 1 aromatic carbocycles. The summed E-state index contributed by atoms with van der Waals surface area (Å²) in [5, 5.41) is 11.2. The van der Waals surface area contributed by atoms with Gasteiger partial charge in [0.25, 0.3) is 5.69 Å². The summed E-state index contributed by atoms with van der Waals surface area (Å²) in [5.41, 5.74) is 0.364. The number of halogens is 1. The average molecular weight is 304 g/mol. The summed E-state index contributed by atoms with van der Waals surface area (Å²) in [4.78, 5) is 22.6. The molecule has 0 aliphatic heterocycles. The molecular formula is C10H10BrNO3S. The minimum Gasteiger partial charge on any atom is -0.294 e. The first kappa shape index (κ1) is 13.2. The second kappa shape index (κ2) is 6.00. The molecule has 0 aromatic heterocycles. The predicted octanol–water partition coefficient (Wildman–Crippen LogP) is 3.28. The number of non-ortho nitro benzene ring substituents is 1. The molecule has 0 amide bonds. The fourth-order valence-electron chi connectivity index (χ4n) is 1.20. The minimum atomic E-state index is -0.482. The van der Waals surface area contributed by atoms with Gasteiger partial charge in [0.05, 0.1) is 4.92 Å². The van der Waals surface area contributed by atoms with Gasteiger partial charge in [0.2, 0.25) is 0 Å². The van der Waals surface area contributed by atoms with Gasteiger partial charge in [-0.3, -0.25) is 14.9 Å². The fourth-order valence-corrected chi connectivity index (χ4v) is 2.04. The molecule has 0 aliphatic rings. The van der Waals surface area contributed by atoms with Crippen LogP contribution in [-0.2, 0) is 0 Å². The molecule has 0 atom stereocenters. The summed E-state index contributed by atoms with van der Waals surface area (Å²) in [6.45, 7) is 0. The minimum absolute atomic E-state index is 0.0372. The highest BCUT2D eigenvalue weighted by Crippen LogP contribution is 2.24. The van der Waals surface area contributed by atoms with E-state index in [-0.39, 0.29) is 11.5 Å². The lowest BCUT2D eigenvalue weighted by Crippen LogP contribution is -2.01. The SMILES string of the molecule is CSc1cc(C(=O)CCBr)cc([N+](=O)[O-])c1. The van der Waals surface area contributed by atoms with Gasteiger partial charge >= 0.3 is 0 Å². The number of alkyl halides is 1. The molecule has 0 heterocycles. The molecule has 0 saturated carbocycles. The monoisotopic (exact) mass is 303 g/mol. The molecule has 86 valence electrons. The van der Waals surface area contributed by atoms with E-state index >= 15 is 0 Å². The van der Waals surface area contributed by atoms with Crippen LogP contribution >= 0.6 is 27.7 Å². The molecule has 4 nitrogen and oxygen atoms in total. The molecule has 1 rings (SSSR count). The Morgan fingerprint density at radius 2 is 2.19 bits per heavy atom. The Hall–Kier alpha value is -0.880. The molecule has 0 N–H and O–H groups in total. The number of ketones is 1. The van der Waals surface area contributed by atoms with Crippen LogP contribution in [0.4, 0.5) is 5.69 Å². The van der Waals surface area contributed by atoms with Gasteiger partial charge < -0.3 is 0 Å². The van der Waals surface area contributed by atoms with E-state index in [9.17, 15) is 14.9 Å². The normalized spacial score (nSPS) is 10.1. The van der Waals surface area contributed by atoms with Gasteiger partial charge in [-0.15, -0.1) is 11.8 Å². The summed E-state index contributed by atoms with van der Waals surface area (Å²) in [6.07, 6.45) is 2.16. The molecule has 0 saturated heterocycles. The Morgan fingerprint density at radius 3 is 2.69 bits per heavy atom. The van der Waals surface area contributed by atoms with Gasteiger partial charge in [-0.2, -0.15) is 0 Å². The van der Waals surface area contributed by atoms with Gasteiger partial charge in [-0.05, 0) is 12.3 Å². The van der Waals surface area contributed by atoms with Crippen LogP contribution in [0.1, 0.15) is 16.8 Å². The van der Waals surface area contributed by atoms with Crippen LogP contribution in [0.3, 0.4) is 0 Å². The lowest BCUT2D eigenvalue weighted by Gasteiger charge is -2.02. The Labute approximate surface area is 106 Å². The number of Topliss-reactive ketones (excluding diaryl/α,β-unsaturated/α-hetero) is 1. The smallest absolute Gasteiger partial charge is 0.271 e. The molecule has 0 unspecified atom stereocenters. The number of rotatable bonds is 5. The summed E-state index contributed by atoms with van der Waals surface area (Å²) < 4.78 is 0. The number of carbonyl (C=O) groups excluding carboxylic acids is 1. The van der Waals surface area contributed by atoms with Crippen molar-refractivity contribution in [2.24, 2.45) is 0 Å². The molecule has 0 spiro atoms. The van der Waals surface area contributed by atoms with Gasteiger partial charge in [-0.25, -0.2) is 0 Å². The van der Waals surface area contributed by atoms with Crippen molar-refractivity contribution in [3.8, 4) is 0 Å². The van der Waals surface area contributed by atoms with Crippen molar-refractivity contribution in [2.75, 3.05) is 11.6 Å². The van der Waals surface area contributed by atoms with E-state index in [1.165, 1.54) is 23.9 Å². The standard InChI is InChI=1S/C10H10BrNO3S/c1-16-9-5-7(10(13)2-3-11)4-8(6-9)12(14)15/h4-6H,2-3H2,1H3. The number of hydrogen-bond acceptors (Lipinski definition) is 4. The fraction of sp³-hybridized carbons (Fsp3) is 0.300. The van der Waals surface area contributed by atoms with Crippen LogP contribution in [0.25, 0.3) is 0 Å². The molecule has 0 aliphatic carbocycles. The van der Waals surface area contributed by atoms with Crippen molar-refractivity contribution in [1.82, 2.24) is 0 Å². The van der Waals surface area contributed by atoms with Crippen molar-refractivity contribution in [1.29, 1.82) is 0 Å². The predicted molar refractivity (Wildman–Crippen MR) is 67.6 cm³/mol. The topological polar surface area (TPSA) is 60.2 Å². The summed E-state index contributed by atoms with van der Waals surface area (Å²) in [5.74, 6) is -0.0872. The van der Waals surface area contributed by atoms with E-state index in [0.717, 1.165) is 4.90 Å². The van der Waals surface area contributed by atoms with E-state index in [0.29, 0.717) is 17.3 Å². The van der Waals surface area contributed by atoms with Crippen molar-refractivity contribution in [3.05, 3.63) is 33.9 Å². The number of nitrogens with zero attached hydrogens (tertiary/aromatic N) is 1. The van der Waals surface area contributed by atoms with Gasteiger partial charge in [0.15, 0.2) is 5.78 Å². The van der Waals surface area contributed by atoms with Gasteiger partial charge in [0.1, 0.15) is 0 Å². The number of hydrogen-bond donors (Lipinski definition) is 0. The largest absolute Gasteiger partial charge is 0.294 e. The molecule has 1 aromatic rings. The number of nitro benzene ring substituents is 1. The number of benzene rings is 1. The zero-order chi connectivity index (χ0) is 12.1. The maximum Gasteiger partial charge on any atom is 0.271 e. The highest BCUT2D eigenvalue weighted by atomic mass is 79.9. The van der Waals surface area contributed by atoms with Crippen molar-refractivity contribution < 1.29 is 9.72 Å². The first-order valence-electron chi connectivity index (χ1n) is 4.51. The Morgan fingerprint density at radius 1 is 1.50 bits per heavy atom. The molecule has 16 heavy (non-hydrogen) atoms. The van der Waals surface area contributed by atoms with Crippen molar-refractivity contribution >= 4 is 39.2 Å². The van der Waals surface area contributed by atoms with Gasteiger partial charge in [0, 0.05) is 34.3 Å². The van der Waals surface area contributed by atoms with E-state index < -0.39 is 4.92 Å². The zero-order valence-corrected chi connectivity index (χ0v) is 11.0. The quantitative estimate of drug-likeness (QED) is 0.275. The first-order valence-corrected chi connectivity index (χ1v) is 6.85. The van der Waals surface area contributed by atoms with Crippen LogP contribution in [0.5, 0.6) is 0 Å². The third kappa shape index (κ3) is 3.31. The van der Waals surface area contributed by atoms with Crippen LogP contribution < -0.4 is 0 Å². The third-order valence-corrected chi connectivity index (χ3v) is 3.08. The number of thioether (sulfide) groups is 1. The zero-order valence-electron chi connectivity index (χ0n) is 8.60. The lowest BCUT2D eigenvalue weighted by molar-refractivity contribution is -0.385. The number of carbonyl (C=O) groups is 1. The molecule has 0 bridgehead atoms. The van der Waals surface area contributed by atoms with E-state index in [4.69, 9.17) is 0 Å². The first-order chi connectivity index (χ1) is 7.58. The van der Waals surface area contributed by atoms with Crippen molar-refractivity contribution in [3.63, 3.8) is 0 Å². The average Bonchev–Trinajstić information content (AvgIpc) is 2.28. The second-order valence-corrected chi connectivity index (χ2v) is 4.71. The maximum atomic E-state index is 11.6. The van der Waals surface area contributed by atoms with Crippen LogP contribution in [0, 0.1) is 10.1 Å². The summed E-state index contributed by atoms with van der Waals surface area (Å²) in [7, 11) is 0. The Balaban J connectivity index is 3.13. The number of nitro groups is 1. The van der Waals surface area contributed by atoms with Crippen LogP contribution in [-0.4, -0.2) is 22.3 Å². The highest BCUT2D eigenvalue weighted by molar-refractivity contribution is 9.09.